The van der Waals surface area contributed by atoms with Gasteiger partial charge in [-0.05, 0) is 43.0 Å². The number of halogens is 1. The first kappa shape index (κ1) is 34.7. The SMILES string of the molecule is C[C@@H]1NC(=O)CC/C=C\CN(c2ccccc2Cl)C(=O)[C@H]2N([C@@H](CO)Cc3ccccc3)C(=O)[C@@H]3[C@@H](C(=O)O[C@H]1c1ccccc1)[C@H]1C=C[C@]32O1. The molecular weight excluding hydrogens is 670 g/mol. The lowest BCUT2D eigenvalue weighted by atomic mass is 9.74. The van der Waals surface area contributed by atoms with Gasteiger partial charge in [-0.1, -0.05) is 109 Å². The summed E-state index contributed by atoms with van der Waals surface area (Å²) in [4.78, 5) is 60.5. The Bertz CT molecular complexity index is 1850. The Balaban J connectivity index is 1.35. The molecule has 0 aromatic heterocycles. The standard InChI is InChI=1S/C40H40ClN3O7/c1-25-35(27-15-7-3-8-16-27)50-39(49)33-31-20-21-40(51-31)34(33)37(47)44(28(24-45)23-26-13-5-2-6-14-26)36(40)38(48)43(30-18-11-10-17-29(30)41)22-12-4-9-19-32(46)42-25/h2-8,10-18,20-21,25,28,31,33-36,45H,9,19,22-24H2,1H3,(H,42,46)/b12-4-/t25-,28+,31+,33-,34-,35+,36+,40-/m0/s1. The highest BCUT2D eigenvalue weighted by Crippen LogP contribution is 2.56. The van der Waals surface area contributed by atoms with Gasteiger partial charge in [-0.3, -0.25) is 19.2 Å². The van der Waals surface area contributed by atoms with Crippen molar-refractivity contribution in [1.29, 1.82) is 0 Å². The lowest BCUT2D eigenvalue weighted by molar-refractivity contribution is -0.161. The molecule has 264 valence electrons. The second-order valence-electron chi connectivity index (χ2n) is 13.5. The summed E-state index contributed by atoms with van der Waals surface area (Å²) in [5, 5.41) is 14.2. The highest BCUT2D eigenvalue weighted by atomic mass is 35.5. The van der Waals surface area contributed by atoms with Crippen molar-refractivity contribution in [2.45, 2.75) is 62.1 Å². The van der Waals surface area contributed by atoms with Gasteiger partial charge < -0.3 is 29.7 Å². The number of likely N-dealkylation sites (tertiary alicyclic amines) is 1. The zero-order chi connectivity index (χ0) is 35.7. The van der Waals surface area contributed by atoms with E-state index >= 15 is 4.79 Å². The van der Waals surface area contributed by atoms with E-state index in [9.17, 15) is 19.5 Å². The van der Waals surface area contributed by atoms with Crippen molar-refractivity contribution in [1.82, 2.24) is 10.2 Å². The molecule has 0 unspecified atom stereocenters. The second-order valence-corrected chi connectivity index (χ2v) is 13.9. The summed E-state index contributed by atoms with van der Waals surface area (Å²) in [6.45, 7) is 1.42. The van der Waals surface area contributed by atoms with Crippen molar-refractivity contribution in [3.8, 4) is 0 Å². The number of amides is 3. The number of rotatable bonds is 6. The molecule has 4 heterocycles. The lowest BCUT2D eigenvalue weighted by Crippen LogP contribution is -2.59. The van der Waals surface area contributed by atoms with E-state index in [1.165, 1.54) is 9.80 Å². The number of esters is 1. The maximum atomic E-state index is 15.2. The van der Waals surface area contributed by atoms with E-state index in [2.05, 4.69) is 5.32 Å². The Morgan fingerprint density at radius 2 is 1.65 bits per heavy atom. The molecule has 4 aliphatic rings. The highest BCUT2D eigenvalue weighted by Gasteiger charge is 2.74. The molecule has 0 radical (unpaired) electrons. The Labute approximate surface area is 301 Å². The molecule has 3 aromatic carbocycles. The number of carbonyl (C=O) groups is 4. The third kappa shape index (κ3) is 6.37. The first-order chi connectivity index (χ1) is 24.7. The van der Waals surface area contributed by atoms with Crippen LogP contribution in [0.5, 0.6) is 0 Å². The average molecular weight is 710 g/mol. The monoisotopic (exact) mass is 709 g/mol. The van der Waals surface area contributed by atoms with Crippen LogP contribution in [0.3, 0.4) is 0 Å². The number of benzene rings is 3. The number of hydrogen-bond donors (Lipinski definition) is 2. The molecule has 4 aliphatic heterocycles. The van der Waals surface area contributed by atoms with Gasteiger partial charge in [0, 0.05) is 13.0 Å². The number of para-hydroxylation sites is 1. The molecule has 2 N–H and O–H groups in total. The number of fused-ring (bicyclic) bond motifs is 2. The minimum Gasteiger partial charge on any atom is -0.455 e. The van der Waals surface area contributed by atoms with Crippen LogP contribution in [0, 0.1) is 11.8 Å². The topological polar surface area (TPSA) is 125 Å². The van der Waals surface area contributed by atoms with Crippen LogP contribution >= 0.6 is 11.6 Å². The molecule has 7 rings (SSSR count). The van der Waals surface area contributed by atoms with E-state index < -0.39 is 72.2 Å². The van der Waals surface area contributed by atoms with Gasteiger partial charge in [0.15, 0.2) is 0 Å². The van der Waals surface area contributed by atoms with Crippen molar-refractivity contribution in [3.05, 3.63) is 125 Å². The van der Waals surface area contributed by atoms with Crippen molar-refractivity contribution in [2.75, 3.05) is 18.1 Å². The van der Waals surface area contributed by atoms with Crippen LogP contribution in [-0.4, -0.2) is 76.7 Å². The molecule has 3 aromatic rings. The minimum atomic E-state index is -1.52. The van der Waals surface area contributed by atoms with Gasteiger partial charge in [-0.25, -0.2) is 0 Å². The number of aliphatic hydroxyl groups excluding tert-OH is 1. The zero-order valence-electron chi connectivity index (χ0n) is 28.1. The van der Waals surface area contributed by atoms with E-state index in [4.69, 9.17) is 21.1 Å². The van der Waals surface area contributed by atoms with Gasteiger partial charge in [0.05, 0.1) is 41.4 Å². The number of nitrogens with zero attached hydrogens (tertiary/aromatic N) is 2. The number of aliphatic hydroxyl groups is 1. The maximum absolute atomic E-state index is 15.2. The molecule has 2 saturated heterocycles. The Kier molecular flexibility index (Phi) is 9.83. The predicted octanol–water partition coefficient (Wildman–Crippen LogP) is 4.57. The fourth-order valence-corrected chi connectivity index (χ4v) is 8.27. The van der Waals surface area contributed by atoms with Crippen molar-refractivity contribution in [2.24, 2.45) is 11.8 Å². The molecule has 2 fully saturated rings. The summed E-state index contributed by atoms with van der Waals surface area (Å²) in [5.41, 5.74) is 0.444. The number of carbonyl (C=O) groups excluding carboxylic acids is 4. The number of ether oxygens (including phenoxy) is 2. The molecule has 8 atom stereocenters. The molecule has 5 bridgehead atoms. The molecule has 0 aliphatic carbocycles. The molecule has 0 saturated carbocycles. The second kappa shape index (κ2) is 14.5. The number of allylic oxidation sites excluding steroid dienone is 1. The predicted molar refractivity (Wildman–Crippen MR) is 190 cm³/mol. The molecule has 11 heteroatoms. The summed E-state index contributed by atoms with van der Waals surface area (Å²) < 4.78 is 12.9. The van der Waals surface area contributed by atoms with Crippen molar-refractivity contribution in [3.63, 3.8) is 0 Å². The van der Waals surface area contributed by atoms with E-state index in [0.717, 1.165) is 5.56 Å². The first-order valence-electron chi connectivity index (χ1n) is 17.3. The Hall–Kier alpha value is -4.77. The summed E-state index contributed by atoms with van der Waals surface area (Å²) >= 11 is 6.69. The smallest absolute Gasteiger partial charge is 0.313 e. The average Bonchev–Trinajstić information content (AvgIpc) is 3.79. The quantitative estimate of drug-likeness (QED) is 0.284. The van der Waals surface area contributed by atoms with Crippen molar-refractivity contribution >= 4 is 41.0 Å². The number of cyclic esters (lactones) is 1. The normalized spacial score (nSPS) is 30.6. The third-order valence-corrected chi connectivity index (χ3v) is 10.7. The number of anilines is 1. The summed E-state index contributed by atoms with van der Waals surface area (Å²) in [6.07, 6.45) is 6.20. The van der Waals surface area contributed by atoms with E-state index in [-0.39, 0.29) is 25.3 Å². The van der Waals surface area contributed by atoms with E-state index in [1.54, 1.807) is 49.4 Å². The molecule has 10 nitrogen and oxygen atoms in total. The lowest BCUT2D eigenvalue weighted by Gasteiger charge is -2.39. The summed E-state index contributed by atoms with van der Waals surface area (Å²) in [5.74, 6) is -4.06. The van der Waals surface area contributed by atoms with Crippen molar-refractivity contribution < 1.29 is 33.8 Å². The van der Waals surface area contributed by atoms with Crippen LogP contribution in [0.2, 0.25) is 5.02 Å². The van der Waals surface area contributed by atoms with Gasteiger partial charge in [-0.2, -0.15) is 0 Å². The van der Waals surface area contributed by atoms with Gasteiger partial charge >= 0.3 is 5.97 Å². The van der Waals surface area contributed by atoms with Crippen LogP contribution in [0.4, 0.5) is 5.69 Å². The Morgan fingerprint density at radius 3 is 2.37 bits per heavy atom. The molecule has 3 amide bonds. The largest absolute Gasteiger partial charge is 0.455 e. The fraction of sp³-hybridized carbons (Fsp3) is 0.350. The molecule has 1 spiro atoms. The summed E-state index contributed by atoms with van der Waals surface area (Å²) in [7, 11) is 0. The van der Waals surface area contributed by atoms with Gasteiger partial charge in [0.25, 0.3) is 5.91 Å². The summed E-state index contributed by atoms with van der Waals surface area (Å²) in [6, 6.07) is 22.8. The molecule has 51 heavy (non-hydrogen) atoms. The Morgan fingerprint density at radius 1 is 0.941 bits per heavy atom. The van der Waals surface area contributed by atoms with Crippen LogP contribution in [0.25, 0.3) is 0 Å². The number of hydrogen-bond acceptors (Lipinski definition) is 7. The van der Waals surface area contributed by atoms with Crippen LogP contribution in [0.15, 0.2) is 109 Å². The van der Waals surface area contributed by atoms with E-state index in [0.29, 0.717) is 22.7 Å². The third-order valence-electron chi connectivity index (χ3n) is 10.4. The maximum Gasteiger partial charge on any atom is 0.313 e. The fourth-order valence-electron chi connectivity index (χ4n) is 8.03. The number of nitrogens with one attached hydrogen (secondary N) is 1. The van der Waals surface area contributed by atoms with Gasteiger partial charge in [0.1, 0.15) is 23.7 Å². The van der Waals surface area contributed by atoms with Crippen LogP contribution in [-0.2, 0) is 35.1 Å². The van der Waals surface area contributed by atoms with Crippen LogP contribution in [0.1, 0.15) is 37.0 Å². The van der Waals surface area contributed by atoms with E-state index in [1.807, 2.05) is 66.7 Å². The van der Waals surface area contributed by atoms with Gasteiger partial charge in [0.2, 0.25) is 11.8 Å². The zero-order valence-corrected chi connectivity index (χ0v) is 28.9. The highest BCUT2D eigenvalue weighted by molar-refractivity contribution is 6.34. The van der Waals surface area contributed by atoms with Crippen LogP contribution < -0.4 is 10.2 Å². The van der Waals surface area contributed by atoms with Gasteiger partial charge in [-0.15, -0.1) is 0 Å². The first-order valence-corrected chi connectivity index (χ1v) is 17.7. The molecular formula is C40H40ClN3O7. The minimum absolute atomic E-state index is 0.0804.